The molecule has 0 aliphatic heterocycles. The minimum absolute atomic E-state index is 0.0856. The van der Waals surface area contributed by atoms with Gasteiger partial charge in [-0.2, -0.15) is 0 Å². The van der Waals surface area contributed by atoms with Crippen molar-refractivity contribution < 1.29 is 9.53 Å². The van der Waals surface area contributed by atoms with E-state index in [2.05, 4.69) is 19.1 Å². The van der Waals surface area contributed by atoms with Crippen LogP contribution in [0.15, 0.2) is 42.5 Å². The van der Waals surface area contributed by atoms with Gasteiger partial charge >= 0.3 is 5.97 Å². The van der Waals surface area contributed by atoms with E-state index in [4.69, 9.17) is 4.74 Å². The number of carbonyl (C=O) groups is 1. The largest absolute Gasteiger partial charge is 0.461 e. The van der Waals surface area contributed by atoms with Crippen molar-refractivity contribution in [3.63, 3.8) is 0 Å². The standard InChI is InChI=1S/C25H40O2/c1-2-3-4-5-6-7-8-9-10-11-12-13-14-15-19-22-25(26)27-23-24-20-17-16-18-21-24/h12-13,16-18,20-21H,2-11,14-15,19,22-23H2,1H3/b13-12-. The van der Waals surface area contributed by atoms with Gasteiger partial charge in [0.05, 0.1) is 0 Å². The summed E-state index contributed by atoms with van der Waals surface area (Å²) in [5.41, 5.74) is 1.05. The second-order valence-electron chi connectivity index (χ2n) is 7.48. The molecule has 0 radical (unpaired) electrons. The van der Waals surface area contributed by atoms with Gasteiger partial charge in [-0.25, -0.2) is 0 Å². The Morgan fingerprint density at radius 3 is 1.96 bits per heavy atom. The first-order chi connectivity index (χ1) is 13.3. The fourth-order valence-electron chi connectivity index (χ4n) is 3.15. The van der Waals surface area contributed by atoms with E-state index in [1.165, 1.54) is 64.2 Å². The van der Waals surface area contributed by atoms with Crippen molar-refractivity contribution >= 4 is 5.97 Å². The van der Waals surface area contributed by atoms with Gasteiger partial charge < -0.3 is 4.74 Å². The molecule has 27 heavy (non-hydrogen) atoms. The second kappa shape index (κ2) is 17.8. The third kappa shape index (κ3) is 15.2. The Kier molecular flexibility index (Phi) is 15.5. The van der Waals surface area contributed by atoms with Crippen molar-refractivity contribution in [1.29, 1.82) is 0 Å². The van der Waals surface area contributed by atoms with Gasteiger partial charge in [0, 0.05) is 6.42 Å². The fraction of sp³-hybridized carbons (Fsp3) is 0.640. The van der Waals surface area contributed by atoms with Crippen molar-refractivity contribution in [1.82, 2.24) is 0 Å². The molecule has 0 aliphatic rings. The monoisotopic (exact) mass is 372 g/mol. The highest BCUT2D eigenvalue weighted by Gasteiger charge is 2.02. The molecule has 0 fully saturated rings. The van der Waals surface area contributed by atoms with Crippen LogP contribution in [0.3, 0.4) is 0 Å². The molecule has 1 aromatic carbocycles. The molecule has 0 spiro atoms. The number of unbranched alkanes of at least 4 members (excludes halogenated alkanes) is 11. The van der Waals surface area contributed by atoms with Gasteiger partial charge in [-0.1, -0.05) is 101 Å². The summed E-state index contributed by atoms with van der Waals surface area (Å²) in [6.45, 7) is 2.66. The number of allylic oxidation sites excluding steroid dienone is 2. The van der Waals surface area contributed by atoms with E-state index in [-0.39, 0.29) is 5.97 Å². The Morgan fingerprint density at radius 2 is 1.33 bits per heavy atom. The highest BCUT2D eigenvalue weighted by atomic mass is 16.5. The SMILES string of the molecule is CCCCCCCCCCC/C=C\CCCCC(=O)OCc1ccccc1. The van der Waals surface area contributed by atoms with Crippen molar-refractivity contribution in [2.24, 2.45) is 0 Å². The van der Waals surface area contributed by atoms with E-state index in [0.717, 1.165) is 24.8 Å². The molecule has 0 amide bonds. The lowest BCUT2D eigenvalue weighted by molar-refractivity contribution is -0.145. The van der Waals surface area contributed by atoms with Crippen LogP contribution in [0.5, 0.6) is 0 Å². The maximum atomic E-state index is 11.7. The summed E-state index contributed by atoms with van der Waals surface area (Å²) in [5.74, 6) is -0.0856. The lowest BCUT2D eigenvalue weighted by Crippen LogP contribution is -2.04. The van der Waals surface area contributed by atoms with Gasteiger partial charge in [0.2, 0.25) is 0 Å². The molecule has 0 aliphatic carbocycles. The van der Waals surface area contributed by atoms with Gasteiger partial charge in [-0.05, 0) is 37.7 Å². The number of hydrogen-bond donors (Lipinski definition) is 0. The molecule has 0 unspecified atom stereocenters. The topological polar surface area (TPSA) is 26.3 Å². The first-order valence-electron chi connectivity index (χ1n) is 11.2. The molecular formula is C25H40O2. The Morgan fingerprint density at radius 1 is 0.778 bits per heavy atom. The van der Waals surface area contributed by atoms with Gasteiger partial charge in [0.15, 0.2) is 0 Å². The predicted molar refractivity (Wildman–Crippen MR) is 116 cm³/mol. The number of hydrogen-bond acceptors (Lipinski definition) is 2. The van der Waals surface area contributed by atoms with E-state index in [1.54, 1.807) is 0 Å². The highest BCUT2D eigenvalue weighted by Crippen LogP contribution is 2.11. The number of esters is 1. The normalized spacial score (nSPS) is 11.1. The van der Waals surface area contributed by atoms with E-state index in [9.17, 15) is 4.79 Å². The van der Waals surface area contributed by atoms with E-state index in [0.29, 0.717) is 13.0 Å². The average molecular weight is 373 g/mol. The van der Waals surface area contributed by atoms with E-state index < -0.39 is 0 Å². The Balaban J connectivity index is 1.83. The van der Waals surface area contributed by atoms with E-state index >= 15 is 0 Å². The molecule has 0 heterocycles. The first-order valence-corrected chi connectivity index (χ1v) is 11.2. The summed E-state index contributed by atoms with van der Waals surface area (Å²) in [5, 5.41) is 0. The van der Waals surface area contributed by atoms with Crippen LogP contribution in [0.25, 0.3) is 0 Å². The summed E-state index contributed by atoms with van der Waals surface area (Å²) in [4.78, 5) is 11.7. The molecule has 0 bridgehead atoms. The van der Waals surface area contributed by atoms with Crippen LogP contribution in [-0.2, 0) is 16.1 Å². The van der Waals surface area contributed by atoms with Gasteiger partial charge in [0.25, 0.3) is 0 Å². The van der Waals surface area contributed by atoms with Crippen LogP contribution in [-0.4, -0.2) is 5.97 Å². The van der Waals surface area contributed by atoms with Crippen molar-refractivity contribution in [3.05, 3.63) is 48.0 Å². The van der Waals surface area contributed by atoms with Crippen molar-refractivity contribution in [2.45, 2.75) is 103 Å². The zero-order valence-corrected chi connectivity index (χ0v) is 17.5. The summed E-state index contributed by atoms with van der Waals surface area (Å²) < 4.78 is 5.29. The molecule has 0 aromatic heterocycles. The van der Waals surface area contributed by atoms with Gasteiger partial charge in [-0.3, -0.25) is 4.79 Å². The molecular weight excluding hydrogens is 332 g/mol. The quantitative estimate of drug-likeness (QED) is 0.159. The summed E-state index contributed by atoms with van der Waals surface area (Å²) >= 11 is 0. The van der Waals surface area contributed by atoms with Crippen LogP contribution in [0, 0.1) is 0 Å². The van der Waals surface area contributed by atoms with Crippen molar-refractivity contribution in [2.75, 3.05) is 0 Å². The van der Waals surface area contributed by atoms with Gasteiger partial charge in [-0.15, -0.1) is 0 Å². The molecule has 0 saturated heterocycles. The highest BCUT2D eigenvalue weighted by molar-refractivity contribution is 5.69. The molecule has 0 atom stereocenters. The Labute approximate surface area is 167 Å². The maximum absolute atomic E-state index is 11.7. The summed E-state index contributed by atoms with van der Waals surface area (Å²) in [6.07, 6.45) is 21.9. The number of benzene rings is 1. The smallest absolute Gasteiger partial charge is 0.306 e. The average Bonchev–Trinajstić information content (AvgIpc) is 2.70. The third-order valence-electron chi connectivity index (χ3n) is 4.89. The van der Waals surface area contributed by atoms with Crippen LogP contribution in [0.4, 0.5) is 0 Å². The minimum atomic E-state index is -0.0856. The molecule has 2 heteroatoms. The zero-order valence-electron chi connectivity index (χ0n) is 17.5. The second-order valence-corrected chi connectivity index (χ2v) is 7.48. The van der Waals surface area contributed by atoms with Crippen LogP contribution in [0.1, 0.15) is 102 Å². The summed E-state index contributed by atoms with van der Waals surface area (Å²) in [6, 6.07) is 9.85. The minimum Gasteiger partial charge on any atom is -0.461 e. The third-order valence-corrected chi connectivity index (χ3v) is 4.89. The first kappa shape index (κ1) is 23.5. The lowest BCUT2D eigenvalue weighted by atomic mass is 10.1. The molecule has 0 N–H and O–H groups in total. The Bertz CT molecular complexity index is 478. The predicted octanol–water partition coefficient (Wildman–Crippen LogP) is 7.77. The van der Waals surface area contributed by atoms with E-state index in [1.807, 2.05) is 30.3 Å². The van der Waals surface area contributed by atoms with Crippen molar-refractivity contribution in [3.8, 4) is 0 Å². The molecule has 152 valence electrons. The molecule has 2 nitrogen and oxygen atoms in total. The summed E-state index contributed by atoms with van der Waals surface area (Å²) in [7, 11) is 0. The maximum Gasteiger partial charge on any atom is 0.306 e. The fourth-order valence-corrected chi connectivity index (χ4v) is 3.15. The van der Waals surface area contributed by atoms with Crippen LogP contribution < -0.4 is 0 Å². The lowest BCUT2D eigenvalue weighted by Gasteiger charge is -2.04. The molecule has 1 rings (SSSR count). The van der Waals surface area contributed by atoms with Crippen LogP contribution >= 0.6 is 0 Å². The Hall–Kier alpha value is -1.57. The number of ether oxygens (including phenoxy) is 1. The zero-order chi connectivity index (χ0) is 19.4. The molecule has 0 saturated carbocycles. The van der Waals surface area contributed by atoms with Gasteiger partial charge in [0.1, 0.15) is 6.61 Å². The number of rotatable bonds is 17. The van der Waals surface area contributed by atoms with Crippen LogP contribution in [0.2, 0.25) is 0 Å². The number of carbonyl (C=O) groups excluding carboxylic acids is 1. The molecule has 1 aromatic rings.